The Morgan fingerprint density at radius 3 is 2.83 bits per heavy atom. The monoisotopic (exact) mass is 365 g/mol. The maximum atomic E-state index is 10.8. The minimum absolute atomic E-state index is 0.370. The summed E-state index contributed by atoms with van der Waals surface area (Å²) in [6.07, 6.45) is 5.49. The molecule has 0 atom stereocenters. The van der Waals surface area contributed by atoms with E-state index in [9.17, 15) is 9.59 Å². The van der Waals surface area contributed by atoms with Gasteiger partial charge in [0.1, 0.15) is 5.69 Å². The SMILES string of the molecule is NC(=O)OCCCCCCn1ncc(I)c1C=O. The number of hydrogen-bond acceptors (Lipinski definition) is 4. The molecule has 0 unspecified atom stereocenters. The Kier molecular flexibility index (Phi) is 6.69. The van der Waals surface area contributed by atoms with Crippen molar-refractivity contribution in [3.05, 3.63) is 15.5 Å². The van der Waals surface area contributed by atoms with Gasteiger partial charge in [-0.25, -0.2) is 4.79 Å². The summed E-state index contributed by atoms with van der Waals surface area (Å²) in [4.78, 5) is 21.1. The summed E-state index contributed by atoms with van der Waals surface area (Å²) in [7, 11) is 0. The van der Waals surface area contributed by atoms with E-state index in [4.69, 9.17) is 5.73 Å². The molecule has 1 aromatic heterocycles. The summed E-state index contributed by atoms with van der Waals surface area (Å²) < 4.78 is 7.21. The van der Waals surface area contributed by atoms with Gasteiger partial charge < -0.3 is 10.5 Å². The third kappa shape index (κ3) is 5.03. The van der Waals surface area contributed by atoms with E-state index in [2.05, 4.69) is 32.4 Å². The van der Waals surface area contributed by atoms with Crippen molar-refractivity contribution >= 4 is 35.0 Å². The highest BCUT2D eigenvalue weighted by Crippen LogP contribution is 2.10. The van der Waals surface area contributed by atoms with Gasteiger partial charge in [0, 0.05) is 6.54 Å². The zero-order valence-electron chi connectivity index (χ0n) is 9.97. The highest BCUT2D eigenvalue weighted by molar-refractivity contribution is 14.1. The minimum atomic E-state index is -0.725. The first kappa shape index (κ1) is 14.9. The lowest BCUT2D eigenvalue weighted by Gasteiger charge is -2.04. The number of ether oxygens (including phenoxy) is 1. The van der Waals surface area contributed by atoms with Gasteiger partial charge in [-0.15, -0.1) is 0 Å². The van der Waals surface area contributed by atoms with E-state index in [0.29, 0.717) is 12.3 Å². The summed E-state index contributed by atoms with van der Waals surface area (Å²) in [5.74, 6) is 0. The van der Waals surface area contributed by atoms with Crippen molar-refractivity contribution < 1.29 is 14.3 Å². The van der Waals surface area contributed by atoms with E-state index >= 15 is 0 Å². The van der Waals surface area contributed by atoms with Crippen LogP contribution in [0.1, 0.15) is 36.2 Å². The molecule has 1 aromatic rings. The van der Waals surface area contributed by atoms with E-state index < -0.39 is 6.09 Å². The Morgan fingerprint density at radius 2 is 2.17 bits per heavy atom. The quantitative estimate of drug-likeness (QED) is 0.433. The van der Waals surface area contributed by atoms with Crippen LogP contribution in [-0.2, 0) is 11.3 Å². The van der Waals surface area contributed by atoms with Crippen molar-refractivity contribution in [2.45, 2.75) is 32.2 Å². The first-order chi connectivity index (χ1) is 8.65. The van der Waals surface area contributed by atoms with Crippen LogP contribution >= 0.6 is 22.6 Å². The van der Waals surface area contributed by atoms with Gasteiger partial charge in [0.15, 0.2) is 6.29 Å². The zero-order chi connectivity index (χ0) is 13.4. The highest BCUT2D eigenvalue weighted by atomic mass is 127. The van der Waals surface area contributed by atoms with Crippen LogP contribution in [0.5, 0.6) is 0 Å². The predicted octanol–water partition coefficient (Wildman–Crippen LogP) is 1.96. The number of amides is 1. The standard InChI is InChI=1S/C11H16IN3O3/c12-9-7-14-15(10(9)8-16)5-3-1-2-4-6-18-11(13)17/h7-8H,1-6H2,(H2,13,17). The van der Waals surface area contributed by atoms with Crippen molar-refractivity contribution in [3.63, 3.8) is 0 Å². The lowest BCUT2D eigenvalue weighted by Crippen LogP contribution is -2.13. The molecule has 6 nitrogen and oxygen atoms in total. The van der Waals surface area contributed by atoms with Crippen LogP contribution in [0, 0.1) is 3.57 Å². The van der Waals surface area contributed by atoms with Gasteiger partial charge >= 0.3 is 6.09 Å². The number of nitrogens with two attached hydrogens (primary N) is 1. The first-order valence-electron chi connectivity index (χ1n) is 5.74. The molecular formula is C11H16IN3O3. The molecule has 0 saturated heterocycles. The minimum Gasteiger partial charge on any atom is -0.450 e. The molecule has 0 saturated carbocycles. The second kappa shape index (κ2) is 8.06. The van der Waals surface area contributed by atoms with Crippen molar-refractivity contribution in [1.29, 1.82) is 0 Å². The molecule has 18 heavy (non-hydrogen) atoms. The van der Waals surface area contributed by atoms with Gasteiger partial charge in [-0.3, -0.25) is 9.48 Å². The fourth-order valence-corrected chi connectivity index (χ4v) is 2.09. The Labute approximate surface area is 119 Å². The molecule has 1 amide bonds. The van der Waals surface area contributed by atoms with E-state index in [1.165, 1.54) is 0 Å². The summed E-state index contributed by atoms with van der Waals surface area (Å²) in [5.41, 5.74) is 5.47. The number of hydrogen-bond donors (Lipinski definition) is 1. The third-order valence-corrected chi connectivity index (χ3v) is 3.28. The lowest BCUT2D eigenvalue weighted by atomic mass is 10.2. The van der Waals surface area contributed by atoms with E-state index in [1.54, 1.807) is 10.9 Å². The van der Waals surface area contributed by atoms with Crippen molar-refractivity contribution in [3.8, 4) is 0 Å². The van der Waals surface area contributed by atoms with E-state index in [0.717, 1.165) is 42.1 Å². The second-order valence-corrected chi connectivity index (χ2v) is 4.96. The Morgan fingerprint density at radius 1 is 1.44 bits per heavy atom. The zero-order valence-corrected chi connectivity index (χ0v) is 12.1. The Balaban J connectivity index is 2.14. The smallest absolute Gasteiger partial charge is 0.404 e. The van der Waals surface area contributed by atoms with Gasteiger partial charge in [-0.2, -0.15) is 5.10 Å². The molecule has 0 aromatic carbocycles. The average Bonchev–Trinajstić information content (AvgIpc) is 2.68. The summed E-state index contributed by atoms with van der Waals surface area (Å²) in [6, 6.07) is 0. The van der Waals surface area contributed by atoms with Crippen LogP contribution in [0.25, 0.3) is 0 Å². The van der Waals surface area contributed by atoms with E-state index in [1.807, 2.05) is 0 Å². The average molecular weight is 365 g/mol. The molecule has 0 bridgehead atoms. The third-order valence-electron chi connectivity index (χ3n) is 2.45. The Hall–Kier alpha value is -1.12. The molecule has 7 heteroatoms. The molecule has 100 valence electrons. The van der Waals surface area contributed by atoms with E-state index in [-0.39, 0.29) is 0 Å². The summed E-state index contributed by atoms with van der Waals surface area (Å²) in [5, 5.41) is 4.14. The lowest BCUT2D eigenvalue weighted by molar-refractivity contribution is 0.111. The normalized spacial score (nSPS) is 10.3. The highest BCUT2D eigenvalue weighted by Gasteiger charge is 2.06. The molecule has 0 fully saturated rings. The molecule has 1 heterocycles. The maximum Gasteiger partial charge on any atom is 0.404 e. The van der Waals surface area contributed by atoms with Crippen LogP contribution in [0.3, 0.4) is 0 Å². The summed E-state index contributed by atoms with van der Waals surface area (Å²) >= 11 is 2.09. The number of rotatable bonds is 8. The Bertz CT molecular complexity index is 406. The number of aldehydes is 1. The van der Waals surface area contributed by atoms with Gasteiger partial charge in [-0.05, 0) is 41.9 Å². The fourth-order valence-electron chi connectivity index (χ4n) is 1.56. The van der Waals surface area contributed by atoms with Crippen molar-refractivity contribution in [2.24, 2.45) is 5.73 Å². The number of unbranched alkanes of at least 4 members (excludes halogenated alkanes) is 3. The molecule has 2 N–H and O–H groups in total. The van der Waals surface area contributed by atoms with Gasteiger partial charge in [0.2, 0.25) is 0 Å². The molecule has 0 spiro atoms. The van der Waals surface area contributed by atoms with Gasteiger partial charge in [0.05, 0.1) is 16.4 Å². The predicted molar refractivity (Wildman–Crippen MR) is 74.3 cm³/mol. The van der Waals surface area contributed by atoms with Crippen LogP contribution in [0.2, 0.25) is 0 Å². The number of aromatic nitrogens is 2. The number of carbonyl (C=O) groups is 2. The molecule has 0 aliphatic carbocycles. The molecule has 0 aliphatic rings. The molecular weight excluding hydrogens is 349 g/mol. The van der Waals surface area contributed by atoms with Crippen LogP contribution in [0.4, 0.5) is 4.79 Å². The van der Waals surface area contributed by atoms with Crippen molar-refractivity contribution in [1.82, 2.24) is 9.78 Å². The van der Waals surface area contributed by atoms with Crippen molar-refractivity contribution in [2.75, 3.05) is 6.61 Å². The molecule has 0 aliphatic heterocycles. The molecule has 0 radical (unpaired) electrons. The number of halogens is 1. The van der Waals surface area contributed by atoms with Gasteiger partial charge in [-0.1, -0.05) is 6.42 Å². The number of nitrogens with zero attached hydrogens (tertiary/aromatic N) is 2. The first-order valence-corrected chi connectivity index (χ1v) is 6.81. The van der Waals surface area contributed by atoms with Gasteiger partial charge in [0.25, 0.3) is 0 Å². The maximum absolute atomic E-state index is 10.8. The molecule has 1 rings (SSSR count). The van der Waals surface area contributed by atoms with Crippen LogP contribution in [-0.4, -0.2) is 28.8 Å². The number of primary amides is 1. The largest absolute Gasteiger partial charge is 0.450 e. The van der Waals surface area contributed by atoms with Crippen LogP contribution in [0.15, 0.2) is 6.20 Å². The topological polar surface area (TPSA) is 87.2 Å². The number of aryl methyl sites for hydroxylation is 1. The number of carbonyl (C=O) groups excluding carboxylic acids is 2. The summed E-state index contributed by atoms with van der Waals surface area (Å²) in [6.45, 7) is 1.10. The fraction of sp³-hybridized carbons (Fsp3) is 0.545. The van der Waals surface area contributed by atoms with Crippen LogP contribution < -0.4 is 5.73 Å². The second-order valence-electron chi connectivity index (χ2n) is 3.80.